The molecule has 1 radical (unpaired) electrons. The van der Waals surface area contributed by atoms with Crippen LogP contribution in [0.25, 0.3) is 0 Å². The summed E-state index contributed by atoms with van der Waals surface area (Å²) in [5.74, 6) is 0.288. The van der Waals surface area contributed by atoms with Crippen molar-refractivity contribution in [2.24, 2.45) is 0 Å². The SMILES string of the molecule is CC[CH]c1cc(Cl)ccc1O. The van der Waals surface area contributed by atoms with Gasteiger partial charge < -0.3 is 5.11 Å². The zero-order valence-electron chi connectivity index (χ0n) is 6.34. The van der Waals surface area contributed by atoms with Crippen LogP contribution in [0.4, 0.5) is 0 Å². The lowest BCUT2D eigenvalue weighted by Gasteiger charge is -2.01. The highest BCUT2D eigenvalue weighted by molar-refractivity contribution is 6.30. The fraction of sp³-hybridized carbons (Fsp3) is 0.222. The molecule has 0 saturated carbocycles. The van der Waals surface area contributed by atoms with Crippen LogP contribution < -0.4 is 0 Å². The minimum absolute atomic E-state index is 0.288. The Hall–Kier alpha value is -0.690. The van der Waals surface area contributed by atoms with Crippen molar-refractivity contribution in [1.82, 2.24) is 0 Å². The van der Waals surface area contributed by atoms with Gasteiger partial charge >= 0.3 is 0 Å². The maximum absolute atomic E-state index is 9.28. The van der Waals surface area contributed by atoms with Crippen molar-refractivity contribution >= 4 is 11.6 Å². The van der Waals surface area contributed by atoms with Gasteiger partial charge in [-0.3, -0.25) is 0 Å². The summed E-state index contributed by atoms with van der Waals surface area (Å²) in [7, 11) is 0. The fourth-order valence-electron chi connectivity index (χ4n) is 0.909. The molecule has 0 aliphatic carbocycles. The molecule has 0 heterocycles. The molecule has 0 atom stereocenters. The largest absolute Gasteiger partial charge is 0.508 e. The second-order valence-corrected chi connectivity index (χ2v) is 2.75. The molecule has 0 aromatic heterocycles. The van der Waals surface area contributed by atoms with Crippen LogP contribution in [-0.2, 0) is 0 Å². The van der Waals surface area contributed by atoms with Crippen LogP contribution in [0.2, 0.25) is 5.02 Å². The van der Waals surface area contributed by atoms with Gasteiger partial charge in [0.25, 0.3) is 0 Å². The summed E-state index contributed by atoms with van der Waals surface area (Å²) in [6.07, 6.45) is 2.83. The van der Waals surface area contributed by atoms with Crippen LogP contribution >= 0.6 is 11.6 Å². The van der Waals surface area contributed by atoms with E-state index in [2.05, 4.69) is 0 Å². The van der Waals surface area contributed by atoms with Gasteiger partial charge in [-0.1, -0.05) is 18.5 Å². The molecule has 59 valence electrons. The molecule has 1 aromatic carbocycles. The van der Waals surface area contributed by atoms with E-state index in [4.69, 9.17) is 11.6 Å². The summed E-state index contributed by atoms with van der Waals surface area (Å²) in [6.45, 7) is 2.01. The maximum atomic E-state index is 9.28. The quantitative estimate of drug-likeness (QED) is 0.722. The van der Waals surface area contributed by atoms with Crippen LogP contribution in [-0.4, -0.2) is 5.11 Å². The number of hydrogen-bond donors (Lipinski definition) is 1. The van der Waals surface area contributed by atoms with E-state index in [-0.39, 0.29) is 5.75 Å². The lowest BCUT2D eigenvalue weighted by molar-refractivity contribution is 0.471. The van der Waals surface area contributed by atoms with Crippen molar-refractivity contribution in [3.63, 3.8) is 0 Å². The molecular weight excluding hydrogens is 160 g/mol. The second kappa shape index (κ2) is 3.63. The average Bonchev–Trinajstić information content (AvgIpc) is 1.98. The number of hydrogen-bond acceptors (Lipinski definition) is 1. The van der Waals surface area contributed by atoms with Gasteiger partial charge in [0, 0.05) is 5.02 Å². The van der Waals surface area contributed by atoms with Gasteiger partial charge in [-0.2, -0.15) is 0 Å². The van der Waals surface area contributed by atoms with Crippen molar-refractivity contribution < 1.29 is 5.11 Å². The van der Waals surface area contributed by atoms with Gasteiger partial charge in [0.2, 0.25) is 0 Å². The number of phenolic OH excluding ortho intramolecular Hbond substituents is 1. The normalized spacial score (nSPS) is 10.0. The molecule has 0 fully saturated rings. The average molecular weight is 170 g/mol. The van der Waals surface area contributed by atoms with Crippen LogP contribution in [0.5, 0.6) is 5.75 Å². The molecule has 1 rings (SSSR count). The first-order chi connectivity index (χ1) is 5.24. The zero-order valence-corrected chi connectivity index (χ0v) is 7.10. The Labute approximate surface area is 71.6 Å². The topological polar surface area (TPSA) is 20.2 Å². The minimum Gasteiger partial charge on any atom is -0.508 e. The highest BCUT2D eigenvalue weighted by Gasteiger charge is 1.99. The number of phenols is 1. The molecule has 0 unspecified atom stereocenters. The third-order valence-electron chi connectivity index (χ3n) is 1.41. The Kier molecular flexibility index (Phi) is 2.77. The Morgan fingerprint density at radius 2 is 2.27 bits per heavy atom. The summed E-state index contributed by atoms with van der Waals surface area (Å²) < 4.78 is 0. The Balaban J connectivity index is 2.93. The van der Waals surface area contributed by atoms with Crippen molar-refractivity contribution in [3.05, 3.63) is 35.2 Å². The smallest absolute Gasteiger partial charge is 0.119 e. The molecule has 0 bridgehead atoms. The van der Waals surface area contributed by atoms with Gasteiger partial charge in [-0.25, -0.2) is 0 Å². The van der Waals surface area contributed by atoms with E-state index in [0.717, 1.165) is 12.0 Å². The molecule has 0 spiro atoms. The molecule has 1 N–H and O–H groups in total. The lowest BCUT2D eigenvalue weighted by Crippen LogP contribution is -1.80. The van der Waals surface area contributed by atoms with Crippen LogP contribution in [0.1, 0.15) is 18.9 Å². The molecule has 0 aliphatic rings. The Morgan fingerprint density at radius 1 is 1.55 bits per heavy atom. The van der Waals surface area contributed by atoms with Gasteiger partial charge in [0.15, 0.2) is 0 Å². The third-order valence-corrected chi connectivity index (χ3v) is 1.65. The summed E-state index contributed by atoms with van der Waals surface area (Å²) >= 11 is 5.72. The molecule has 0 amide bonds. The molecule has 1 aromatic rings. The molecule has 0 aliphatic heterocycles. The summed E-state index contributed by atoms with van der Waals surface area (Å²) in [4.78, 5) is 0. The van der Waals surface area contributed by atoms with Gasteiger partial charge in [0.1, 0.15) is 5.75 Å². The fourth-order valence-corrected chi connectivity index (χ4v) is 1.09. The third kappa shape index (κ3) is 2.12. The summed E-state index contributed by atoms with van der Waals surface area (Å²) in [5, 5.41) is 9.93. The highest BCUT2D eigenvalue weighted by atomic mass is 35.5. The van der Waals surface area contributed by atoms with E-state index in [1.165, 1.54) is 0 Å². The first-order valence-corrected chi connectivity index (χ1v) is 3.93. The number of benzene rings is 1. The first-order valence-electron chi connectivity index (χ1n) is 3.55. The maximum Gasteiger partial charge on any atom is 0.119 e. The second-order valence-electron chi connectivity index (χ2n) is 2.32. The van der Waals surface area contributed by atoms with E-state index < -0.39 is 0 Å². The van der Waals surface area contributed by atoms with Crippen molar-refractivity contribution in [2.45, 2.75) is 13.3 Å². The minimum atomic E-state index is 0.288. The summed E-state index contributed by atoms with van der Waals surface area (Å²) in [5.41, 5.74) is 0.806. The molecule has 0 saturated heterocycles. The standard InChI is InChI=1S/C9H10ClO/c1-2-3-7-6-8(10)4-5-9(7)11/h3-6,11H,2H2,1H3. The van der Waals surface area contributed by atoms with E-state index in [1.54, 1.807) is 18.2 Å². The zero-order chi connectivity index (χ0) is 8.27. The summed E-state index contributed by atoms with van der Waals surface area (Å²) in [6, 6.07) is 5.02. The lowest BCUT2D eigenvalue weighted by atomic mass is 10.1. The van der Waals surface area contributed by atoms with Gasteiger partial charge in [-0.15, -0.1) is 0 Å². The van der Waals surface area contributed by atoms with Crippen LogP contribution in [0.3, 0.4) is 0 Å². The van der Waals surface area contributed by atoms with Gasteiger partial charge in [-0.05, 0) is 36.6 Å². The number of halogens is 1. The van der Waals surface area contributed by atoms with Crippen molar-refractivity contribution in [2.75, 3.05) is 0 Å². The van der Waals surface area contributed by atoms with Crippen molar-refractivity contribution in [1.29, 1.82) is 0 Å². The first kappa shape index (κ1) is 8.41. The molecular formula is C9H10ClO. The van der Waals surface area contributed by atoms with Crippen LogP contribution in [0, 0.1) is 6.42 Å². The Bertz CT molecular complexity index is 245. The molecule has 2 heteroatoms. The molecule has 1 nitrogen and oxygen atoms in total. The highest BCUT2D eigenvalue weighted by Crippen LogP contribution is 2.23. The Morgan fingerprint density at radius 3 is 2.91 bits per heavy atom. The monoisotopic (exact) mass is 169 g/mol. The van der Waals surface area contributed by atoms with Gasteiger partial charge in [0.05, 0.1) is 0 Å². The van der Waals surface area contributed by atoms with Crippen molar-refractivity contribution in [3.8, 4) is 5.75 Å². The number of aromatic hydroxyl groups is 1. The predicted molar refractivity (Wildman–Crippen MR) is 46.8 cm³/mol. The number of rotatable bonds is 2. The van der Waals surface area contributed by atoms with E-state index in [0.29, 0.717) is 5.02 Å². The van der Waals surface area contributed by atoms with Crippen LogP contribution in [0.15, 0.2) is 18.2 Å². The van der Waals surface area contributed by atoms with E-state index >= 15 is 0 Å². The predicted octanol–water partition coefficient (Wildman–Crippen LogP) is 3.01. The molecule has 11 heavy (non-hydrogen) atoms. The van der Waals surface area contributed by atoms with E-state index in [1.807, 2.05) is 13.3 Å². The van der Waals surface area contributed by atoms with E-state index in [9.17, 15) is 5.11 Å².